The number of rotatable bonds is 5. The smallest absolute Gasteiger partial charge is 0.408 e. The van der Waals surface area contributed by atoms with Crippen molar-refractivity contribution in [1.82, 2.24) is 5.32 Å². The lowest BCUT2D eigenvalue weighted by Crippen LogP contribution is -2.40. The third-order valence-corrected chi connectivity index (χ3v) is 2.51. The first-order valence-electron chi connectivity index (χ1n) is 5.74. The van der Waals surface area contributed by atoms with Crippen molar-refractivity contribution in [3.8, 4) is 0 Å². The molecule has 0 saturated heterocycles. The van der Waals surface area contributed by atoms with Crippen molar-refractivity contribution in [3.05, 3.63) is 42.0 Å². The molecule has 1 aromatic carbocycles. The van der Waals surface area contributed by atoms with Gasteiger partial charge in [0.05, 0.1) is 0 Å². The highest BCUT2D eigenvalue weighted by Gasteiger charge is 2.24. The number of alkyl halides is 3. The molecule has 0 aliphatic rings. The number of alkyl carbamates (subject to hydrolysis) is 1. The van der Waals surface area contributed by atoms with Crippen LogP contribution in [0.2, 0.25) is 0 Å². The number of carboxylic acids is 1. The molecule has 2 N–H and O–H groups in total. The monoisotopic (exact) mass is 351 g/mol. The molecule has 21 heavy (non-hydrogen) atoms. The van der Waals surface area contributed by atoms with E-state index in [0.29, 0.717) is 0 Å². The van der Waals surface area contributed by atoms with E-state index in [1.165, 1.54) is 6.08 Å². The summed E-state index contributed by atoms with van der Waals surface area (Å²) in [5.74, 6) is -1.24. The number of halogens is 3. The third-order valence-electron chi connectivity index (χ3n) is 2.19. The average molecular weight is 353 g/mol. The molecule has 0 aliphatic carbocycles. The van der Waals surface area contributed by atoms with Gasteiger partial charge >= 0.3 is 12.1 Å². The Balaban J connectivity index is 2.60. The van der Waals surface area contributed by atoms with Crippen LogP contribution >= 0.6 is 34.8 Å². The Hall–Kier alpha value is -1.43. The highest BCUT2D eigenvalue weighted by atomic mass is 35.6. The molecule has 0 aromatic heterocycles. The van der Waals surface area contributed by atoms with Crippen LogP contribution in [0.4, 0.5) is 4.79 Å². The van der Waals surface area contributed by atoms with Gasteiger partial charge in [-0.1, -0.05) is 77.3 Å². The molecule has 114 valence electrons. The van der Waals surface area contributed by atoms with Crippen molar-refractivity contribution in [3.63, 3.8) is 0 Å². The summed E-state index contributed by atoms with van der Waals surface area (Å²) in [4.78, 5) is 22.5. The lowest BCUT2D eigenvalue weighted by molar-refractivity contribution is -0.138. The summed E-state index contributed by atoms with van der Waals surface area (Å²) in [6.45, 7) is -0.488. The molecule has 5 nitrogen and oxygen atoms in total. The topological polar surface area (TPSA) is 75.6 Å². The summed E-state index contributed by atoms with van der Waals surface area (Å²) >= 11 is 16.2. The molecule has 1 rings (SSSR count). The van der Waals surface area contributed by atoms with Crippen LogP contribution in [0.5, 0.6) is 0 Å². The average Bonchev–Trinajstić information content (AvgIpc) is 2.41. The van der Waals surface area contributed by atoms with Gasteiger partial charge in [0.25, 0.3) is 0 Å². The van der Waals surface area contributed by atoms with Crippen LogP contribution in [0.3, 0.4) is 0 Å². The number of nitrogens with one attached hydrogen (secondary N) is 1. The zero-order valence-corrected chi connectivity index (χ0v) is 12.9. The zero-order valence-electron chi connectivity index (χ0n) is 10.6. The molecule has 0 bridgehead atoms. The Bertz CT molecular complexity index is 514. The van der Waals surface area contributed by atoms with E-state index in [-0.39, 0.29) is 0 Å². The number of carbonyl (C=O) groups excluding carboxylic acids is 1. The van der Waals surface area contributed by atoms with E-state index in [2.05, 4.69) is 10.1 Å². The lowest BCUT2D eigenvalue weighted by Gasteiger charge is -2.14. The fourth-order valence-corrected chi connectivity index (χ4v) is 1.44. The molecule has 0 saturated carbocycles. The van der Waals surface area contributed by atoms with E-state index in [4.69, 9.17) is 39.9 Å². The number of amides is 1. The van der Waals surface area contributed by atoms with Gasteiger partial charge < -0.3 is 15.2 Å². The van der Waals surface area contributed by atoms with Gasteiger partial charge in [-0.05, 0) is 5.56 Å². The van der Waals surface area contributed by atoms with Crippen molar-refractivity contribution >= 4 is 52.9 Å². The number of hydrogen-bond acceptors (Lipinski definition) is 3. The minimum Gasteiger partial charge on any atom is -0.479 e. The summed E-state index contributed by atoms with van der Waals surface area (Å²) in [7, 11) is 0. The van der Waals surface area contributed by atoms with Crippen LogP contribution in [0.25, 0.3) is 6.08 Å². The fraction of sp³-hybridized carbons (Fsp3) is 0.231. The van der Waals surface area contributed by atoms with E-state index >= 15 is 0 Å². The molecule has 1 atom stereocenters. The summed E-state index contributed by atoms with van der Waals surface area (Å²) in [6, 6.07) is 7.76. The van der Waals surface area contributed by atoms with Gasteiger partial charge in [0.1, 0.15) is 12.6 Å². The number of carboxylic acid groups (broad SMARTS) is 1. The third kappa shape index (κ3) is 7.80. The van der Waals surface area contributed by atoms with Crippen molar-refractivity contribution in [2.45, 2.75) is 9.83 Å². The first-order chi connectivity index (χ1) is 9.78. The number of aliphatic carboxylic acids is 1. The first kappa shape index (κ1) is 17.6. The largest absolute Gasteiger partial charge is 0.479 e. The zero-order chi connectivity index (χ0) is 15.9. The van der Waals surface area contributed by atoms with Crippen molar-refractivity contribution in [2.24, 2.45) is 0 Å². The SMILES string of the molecule is O=C(N[C@@H](/C=C/c1ccccc1)C(=O)O)OCC(Cl)(Cl)Cl. The van der Waals surface area contributed by atoms with E-state index in [1.54, 1.807) is 30.3 Å². The predicted octanol–water partition coefficient (Wildman–Crippen LogP) is 3.25. The Morgan fingerprint density at radius 1 is 1.29 bits per heavy atom. The van der Waals surface area contributed by atoms with Crippen molar-refractivity contribution < 1.29 is 19.4 Å². The van der Waals surface area contributed by atoms with E-state index < -0.39 is 28.5 Å². The maximum atomic E-state index is 11.4. The highest BCUT2D eigenvalue weighted by Crippen LogP contribution is 2.25. The van der Waals surface area contributed by atoms with Gasteiger partial charge in [0, 0.05) is 0 Å². The molecule has 0 unspecified atom stereocenters. The molecule has 8 heteroatoms. The predicted molar refractivity (Wildman–Crippen MR) is 81.7 cm³/mol. The maximum absolute atomic E-state index is 11.4. The Kier molecular flexibility index (Phi) is 6.81. The lowest BCUT2D eigenvalue weighted by atomic mass is 10.2. The van der Waals surface area contributed by atoms with Crippen LogP contribution in [-0.2, 0) is 9.53 Å². The Morgan fingerprint density at radius 2 is 1.90 bits per heavy atom. The van der Waals surface area contributed by atoms with Gasteiger partial charge in [-0.3, -0.25) is 0 Å². The summed E-state index contributed by atoms with van der Waals surface area (Å²) in [5, 5.41) is 11.2. The van der Waals surface area contributed by atoms with Gasteiger partial charge in [-0.25, -0.2) is 9.59 Å². The normalized spacial score (nSPS) is 12.9. The fourth-order valence-electron chi connectivity index (χ4n) is 1.28. The number of ether oxygens (including phenoxy) is 1. The van der Waals surface area contributed by atoms with E-state index in [0.717, 1.165) is 5.56 Å². The van der Waals surface area contributed by atoms with Crippen LogP contribution in [0, 0.1) is 0 Å². The maximum Gasteiger partial charge on any atom is 0.408 e. The molecule has 1 aromatic rings. The summed E-state index contributed by atoms with van der Waals surface area (Å²) < 4.78 is 2.84. The quantitative estimate of drug-likeness (QED) is 0.798. The second kappa shape index (κ2) is 8.12. The molecule has 0 fully saturated rings. The van der Waals surface area contributed by atoms with Crippen molar-refractivity contribution in [2.75, 3.05) is 6.61 Å². The van der Waals surface area contributed by atoms with Crippen LogP contribution in [0.15, 0.2) is 36.4 Å². The van der Waals surface area contributed by atoms with E-state index in [1.807, 2.05) is 6.07 Å². The van der Waals surface area contributed by atoms with Crippen LogP contribution in [-0.4, -0.2) is 33.6 Å². The number of benzene rings is 1. The van der Waals surface area contributed by atoms with Gasteiger partial charge in [0.15, 0.2) is 0 Å². The van der Waals surface area contributed by atoms with Crippen molar-refractivity contribution in [1.29, 1.82) is 0 Å². The highest BCUT2D eigenvalue weighted by molar-refractivity contribution is 6.67. The first-order valence-corrected chi connectivity index (χ1v) is 6.87. The summed E-state index contributed by atoms with van der Waals surface area (Å²) in [5.41, 5.74) is 0.792. The second-order valence-electron chi connectivity index (χ2n) is 3.92. The van der Waals surface area contributed by atoms with Gasteiger partial charge in [-0.2, -0.15) is 0 Å². The number of hydrogen-bond donors (Lipinski definition) is 2. The minimum absolute atomic E-state index is 0.488. The molecule has 0 spiro atoms. The standard InChI is InChI=1S/C13H12Cl3NO4/c14-13(15,16)8-21-12(20)17-10(11(18)19)7-6-9-4-2-1-3-5-9/h1-7,10H,8H2,(H,17,20)(H,18,19)/b7-6+/t10-/m0/s1. The molecule has 0 heterocycles. The molecule has 0 aliphatic heterocycles. The number of carbonyl (C=O) groups is 2. The van der Waals surface area contributed by atoms with E-state index in [9.17, 15) is 9.59 Å². The molecular weight excluding hydrogens is 341 g/mol. The Labute approximate surface area is 136 Å². The van der Waals surface area contributed by atoms with Crippen LogP contribution in [0.1, 0.15) is 5.56 Å². The van der Waals surface area contributed by atoms with Gasteiger partial charge in [-0.15, -0.1) is 0 Å². The minimum atomic E-state index is -1.75. The van der Waals surface area contributed by atoms with Crippen LogP contribution < -0.4 is 5.32 Å². The molecule has 0 radical (unpaired) electrons. The molecular formula is C13H12Cl3NO4. The van der Waals surface area contributed by atoms with Gasteiger partial charge in [0.2, 0.25) is 3.79 Å². The second-order valence-corrected chi connectivity index (χ2v) is 6.44. The Morgan fingerprint density at radius 3 is 2.43 bits per heavy atom. The molecule has 1 amide bonds. The summed E-state index contributed by atoms with van der Waals surface area (Å²) in [6.07, 6.45) is 1.88.